The first kappa shape index (κ1) is 24.1. The van der Waals surface area contributed by atoms with E-state index in [1.54, 1.807) is 28.0 Å². The number of para-hydroxylation sites is 2. The fraction of sp³-hybridized carbons (Fsp3) is 0.172. The third-order valence-corrected chi connectivity index (χ3v) is 7.65. The van der Waals surface area contributed by atoms with Crippen LogP contribution in [0, 0.1) is 0 Å². The van der Waals surface area contributed by atoms with Crippen molar-refractivity contribution < 1.29 is 9.59 Å². The molecule has 0 bridgehead atoms. The molecule has 2 heterocycles. The predicted molar refractivity (Wildman–Crippen MR) is 147 cm³/mol. The fourth-order valence-electron chi connectivity index (χ4n) is 5.05. The Morgan fingerprint density at radius 3 is 2.32 bits per heavy atom. The van der Waals surface area contributed by atoms with Gasteiger partial charge < -0.3 is 9.47 Å². The molecule has 4 aromatic rings. The van der Waals surface area contributed by atoms with Crippen LogP contribution in [0.25, 0.3) is 5.69 Å². The van der Waals surface area contributed by atoms with Crippen molar-refractivity contribution >= 4 is 52.3 Å². The van der Waals surface area contributed by atoms with E-state index in [4.69, 9.17) is 34.8 Å². The van der Waals surface area contributed by atoms with Crippen LogP contribution >= 0.6 is 34.8 Å². The highest BCUT2D eigenvalue weighted by atomic mass is 35.5. The molecular weight excluding hydrogens is 529 g/mol. The van der Waals surface area contributed by atoms with E-state index < -0.39 is 6.04 Å². The number of anilines is 1. The van der Waals surface area contributed by atoms with E-state index >= 15 is 0 Å². The van der Waals surface area contributed by atoms with E-state index in [1.807, 2.05) is 66.9 Å². The Labute approximate surface area is 229 Å². The van der Waals surface area contributed by atoms with Crippen molar-refractivity contribution in [1.82, 2.24) is 9.47 Å². The van der Waals surface area contributed by atoms with Crippen molar-refractivity contribution in [3.63, 3.8) is 0 Å². The second-order valence-electron chi connectivity index (χ2n) is 9.30. The summed E-state index contributed by atoms with van der Waals surface area (Å²) in [6.45, 7) is -0.0748. The molecule has 1 fully saturated rings. The summed E-state index contributed by atoms with van der Waals surface area (Å²) in [5.41, 5.74) is 3.85. The Balaban J connectivity index is 1.41. The van der Waals surface area contributed by atoms with Crippen molar-refractivity contribution in [2.45, 2.75) is 24.9 Å². The van der Waals surface area contributed by atoms with E-state index in [9.17, 15) is 9.59 Å². The van der Waals surface area contributed by atoms with Crippen LogP contribution in [0.15, 0.2) is 85.1 Å². The Bertz CT molecular complexity index is 1530. The summed E-state index contributed by atoms with van der Waals surface area (Å²) in [4.78, 5) is 31.2. The maximum Gasteiger partial charge on any atom is 0.256 e. The number of aromatic nitrogens is 1. The standard InChI is InChI=1S/C29H22Cl3N3O2/c30-19-6-3-5-18(15-19)28-26-9-4-14-33(26)24-7-1-2-8-25(24)35(28)27(36)17-34(21-11-12-21)29(37)22-13-10-20(31)16-23(22)32/h1-10,13-16,21,28H,11-12,17H2. The normalized spacial score (nSPS) is 16.2. The first-order valence-corrected chi connectivity index (χ1v) is 13.2. The molecular formula is C29H22Cl3N3O2. The molecule has 0 saturated heterocycles. The highest BCUT2D eigenvalue weighted by Gasteiger charge is 2.40. The molecule has 0 spiro atoms. The van der Waals surface area contributed by atoms with Crippen LogP contribution < -0.4 is 4.90 Å². The monoisotopic (exact) mass is 549 g/mol. The van der Waals surface area contributed by atoms with E-state index in [-0.39, 0.29) is 29.4 Å². The van der Waals surface area contributed by atoms with Crippen molar-refractivity contribution in [2.24, 2.45) is 0 Å². The molecule has 5 nitrogen and oxygen atoms in total. The van der Waals surface area contributed by atoms with Gasteiger partial charge in [-0.05, 0) is 73.0 Å². The predicted octanol–water partition coefficient (Wildman–Crippen LogP) is 7.18. The molecule has 1 aliphatic carbocycles. The highest BCUT2D eigenvalue weighted by molar-refractivity contribution is 6.36. The second-order valence-corrected chi connectivity index (χ2v) is 10.6. The molecule has 37 heavy (non-hydrogen) atoms. The average Bonchev–Trinajstić information content (AvgIpc) is 3.61. The number of hydrogen-bond acceptors (Lipinski definition) is 2. The van der Waals surface area contributed by atoms with E-state index in [1.165, 1.54) is 0 Å². The van der Waals surface area contributed by atoms with Crippen LogP contribution in [-0.4, -0.2) is 33.9 Å². The number of halogens is 3. The molecule has 0 radical (unpaired) electrons. The minimum absolute atomic E-state index is 0.00305. The van der Waals surface area contributed by atoms with Gasteiger partial charge in [-0.2, -0.15) is 0 Å². The van der Waals surface area contributed by atoms with Gasteiger partial charge in [-0.3, -0.25) is 14.5 Å². The number of fused-ring (bicyclic) bond motifs is 3. The van der Waals surface area contributed by atoms with Gasteiger partial charge in [-0.25, -0.2) is 0 Å². The minimum atomic E-state index is -0.411. The van der Waals surface area contributed by atoms with Gasteiger partial charge in [0.25, 0.3) is 5.91 Å². The molecule has 2 amide bonds. The third-order valence-electron chi connectivity index (χ3n) is 6.87. The van der Waals surface area contributed by atoms with Crippen LogP contribution in [0.1, 0.15) is 40.5 Å². The molecule has 1 aliphatic heterocycles. The molecule has 186 valence electrons. The SMILES string of the molecule is O=C(c1ccc(Cl)cc1Cl)N(CC(=O)N1c2ccccc2-n2cccc2C1c1cccc(Cl)c1)C1CC1. The van der Waals surface area contributed by atoms with Crippen LogP contribution in [0.3, 0.4) is 0 Å². The zero-order valence-electron chi connectivity index (χ0n) is 19.7. The molecule has 0 N–H and O–H groups in total. The third kappa shape index (κ3) is 4.42. The number of hydrogen-bond donors (Lipinski definition) is 0. The molecule has 2 aliphatic rings. The first-order valence-electron chi connectivity index (χ1n) is 12.0. The molecule has 1 unspecified atom stereocenters. The Morgan fingerprint density at radius 1 is 0.838 bits per heavy atom. The summed E-state index contributed by atoms with van der Waals surface area (Å²) < 4.78 is 2.10. The van der Waals surface area contributed by atoms with Gasteiger partial charge in [0.05, 0.1) is 27.7 Å². The number of carbonyl (C=O) groups is 2. The van der Waals surface area contributed by atoms with Gasteiger partial charge >= 0.3 is 0 Å². The van der Waals surface area contributed by atoms with E-state index in [2.05, 4.69) is 4.57 Å². The minimum Gasteiger partial charge on any atom is -0.326 e. The number of amides is 2. The maximum atomic E-state index is 14.2. The van der Waals surface area contributed by atoms with Crippen LogP contribution in [0.4, 0.5) is 5.69 Å². The molecule has 6 rings (SSSR count). The van der Waals surface area contributed by atoms with Gasteiger partial charge in [0.1, 0.15) is 12.6 Å². The molecule has 8 heteroatoms. The van der Waals surface area contributed by atoms with Crippen LogP contribution in [0.2, 0.25) is 15.1 Å². The van der Waals surface area contributed by atoms with Crippen LogP contribution in [0.5, 0.6) is 0 Å². The highest BCUT2D eigenvalue weighted by Crippen LogP contribution is 2.43. The number of carbonyl (C=O) groups excluding carboxylic acids is 2. The molecule has 1 saturated carbocycles. The lowest BCUT2D eigenvalue weighted by molar-refractivity contribution is -0.119. The van der Waals surface area contributed by atoms with Crippen LogP contribution in [-0.2, 0) is 4.79 Å². The zero-order valence-corrected chi connectivity index (χ0v) is 21.9. The van der Waals surface area contributed by atoms with Gasteiger partial charge in [0.15, 0.2) is 0 Å². The summed E-state index contributed by atoms with van der Waals surface area (Å²) >= 11 is 18.8. The van der Waals surface area contributed by atoms with Gasteiger partial charge in [-0.15, -0.1) is 0 Å². The summed E-state index contributed by atoms with van der Waals surface area (Å²) in [6.07, 6.45) is 3.69. The first-order chi connectivity index (χ1) is 17.9. The maximum absolute atomic E-state index is 14.2. The largest absolute Gasteiger partial charge is 0.326 e. The Hall–Kier alpha value is -3.25. The molecule has 1 aromatic heterocycles. The quantitative estimate of drug-likeness (QED) is 0.264. The van der Waals surface area contributed by atoms with Gasteiger partial charge in [0.2, 0.25) is 5.91 Å². The smallest absolute Gasteiger partial charge is 0.256 e. The summed E-state index contributed by atoms with van der Waals surface area (Å²) in [5, 5.41) is 1.32. The van der Waals surface area contributed by atoms with Crippen molar-refractivity contribution in [1.29, 1.82) is 0 Å². The lowest BCUT2D eigenvalue weighted by Crippen LogP contribution is -2.47. The Morgan fingerprint density at radius 2 is 1.59 bits per heavy atom. The summed E-state index contributed by atoms with van der Waals surface area (Å²) in [7, 11) is 0. The lowest BCUT2D eigenvalue weighted by atomic mass is 9.97. The fourth-order valence-corrected chi connectivity index (χ4v) is 5.73. The number of rotatable bonds is 5. The second kappa shape index (κ2) is 9.56. The van der Waals surface area contributed by atoms with Crippen molar-refractivity contribution in [3.05, 3.63) is 117 Å². The van der Waals surface area contributed by atoms with Crippen molar-refractivity contribution in [2.75, 3.05) is 11.4 Å². The summed E-state index contributed by atoms with van der Waals surface area (Å²) in [6, 6.07) is 23.7. The van der Waals surface area contributed by atoms with E-state index in [0.29, 0.717) is 15.6 Å². The zero-order chi connectivity index (χ0) is 25.7. The van der Waals surface area contributed by atoms with Gasteiger partial charge in [-0.1, -0.05) is 59.1 Å². The molecule has 3 aromatic carbocycles. The number of benzene rings is 3. The lowest BCUT2D eigenvalue weighted by Gasteiger charge is -2.39. The Kier molecular flexibility index (Phi) is 6.23. The average molecular weight is 551 g/mol. The van der Waals surface area contributed by atoms with E-state index in [0.717, 1.165) is 35.5 Å². The number of nitrogens with zero attached hydrogens (tertiary/aromatic N) is 3. The van der Waals surface area contributed by atoms with Gasteiger partial charge in [0, 0.05) is 22.3 Å². The summed E-state index contributed by atoms with van der Waals surface area (Å²) in [5.74, 6) is -0.458. The molecule has 1 atom stereocenters. The topological polar surface area (TPSA) is 45.6 Å². The van der Waals surface area contributed by atoms with Crippen molar-refractivity contribution in [3.8, 4) is 5.69 Å².